The molecule has 0 unspecified atom stereocenters. The van der Waals surface area contributed by atoms with Gasteiger partial charge in [0.1, 0.15) is 12.0 Å². The van der Waals surface area contributed by atoms with Crippen molar-refractivity contribution < 1.29 is 4.92 Å². The molecule has 1 saturated heterocycles. The monoisotopic (exact) mass is 287 g/mol. The van der Waals surface area contributed by atoms with E-state index in [9.17, 15) is 10.1 Å². The van der Waals surface area contributed by atoms with Gasteiger partial charge in [-0.1, -0.05) is 0 Å². The fourth-order valence-corrected chi connectivity index (χ4v) is 2.81. The zero-order chi connectivity index (χ0) is 14.8. The van der Waals surface area contributed by atoms with Crippen LogP contribution < -0.4 is 4.90 Å². The van der Waals surface area contributed by atoms with Crippen LogP contribution in [-0.4, -0.2) is 33.0 Å². The number of nitro groups is 1. The normalized spacial score (nSPS) is 16.1. The van der Waals surface area contributed by atoms with Gasteiger partial charge in [0.15, 0.2) is 0 Å². The van der Waals surface area contributed by atoms with Crippen LogP contribution in [0.1, 0.15) is 30.0 Å². The maximum absolute atomic E-state index is 10.8. The molecule has 21 heavy (non-hydrogen) atoms. The number of aryl methyl sites for hydroxylation is 1. The summed E-state index contributed by atoms with van der Waals surface area (Å²) < 4.78 is 0. The molecule has 0 atom stereocenters. The Kier molecular flexibility index (Phi) is 3.55. The van der Waals surface area contributed by atoms with E-state index in [1.807, 2.05) is 6.20 Å². The lowest BCUT2D eigenvalue weighted by Gasteiger charge is -2.32. The lowest BCUT2D eigenvalue weighted by molar-refractivity contribution is -0.385. The molecule has 1 fully saturated rings. The van der Waals surface area contributed by atoms with E-state index in [0.717, 1.165) is 31.7 Å². The van der Waals surface area contributed by atoms with Gasteiger partial charge in [0.2, 0.25) is 0 Å². The number of rotatable bonds is 3. The van der Waals surface area contributed by atoms with E-state index >= 15 is 0 Å². The molecule has 110 valence electrons. The first kappa shape index (κ1) is 13.5. The van der Waals surface area contributed by atoms with E-state index < -0.39 is 4.92 Å². The van der Waals surface area contributed by atoms with E-state index in [4.69, 9.17) is 0 Å². The second-order valence-electron chi connectivity index (χ2n) is 5.35. The number of hydrogen-bond acceptors (Lipinski definition) is 5. The molecule has 0 aromatic carbocycles. The zero-order valence-electron chi connectivity index (χ0n) is 11.8. The van der Waals surface area contributed by atoms with Crippen molar-refractivity contribution in [2.24, 2.45) is 0 Å². The fourth-order valence-electron chi connectivity index (χ4n) is 2.81. The molecule has 7 nitrogen and oxygen atoms in total. The van der Waals surface area contributed by atoms with Crippen molar-refractivity contribution in [2.75, 3.05) is 18.0 Å². The molecule has 1 aliphatic rings. The Balaban J connectivity index is 1.69. The highest BCUT2D eigenvalue weighted by Gasteiger charge is 2.23. The van der Waals surface area contributed by atoms with Crippen LogP contribution >= 0.6 is 0 Å². The molecule has 2 aromatic rings. The van der Waals surface area contributed by atoms with Crippen molar-refractivity contribution in [1.29, 1.82) is 0 Å². The Hall–Kier alpha value is -2.44. The van der Waals surface area contributed by atoms with E-state index in [-0.39, 0.29) is 5.69 Å². The number of aromatic nitrogens is 3. The first-order valence-electron chi connectivity index (χ1n) is 6.99. The van der Waals surface area contributed by atoms with E-state index in [2.05, 4.69) is 19.9 Å². The smallest absolute Gasteiger partial charge is 0.290 e. The minimum absolute atomic E-state index is 0.0751. The van der Waals surface area contributed by atoms with Crippen molar-refractivity contribution >= 4 is 11.5 Å². The van der Waals surface area contributed by atoms with E-state index in [1.54, 1.807) is 19.3 Å². The van der Waals surface area contributed by atoms with Crippen molar-refractivity contribution in [2.45, 2.75) is 25.7 Å². The van der Waals surface area contributed by atoms with Crippen LogP contribution in [0.2, 0.25) is 0 Å². The minimum Gasteiger partial charge on any atom is -0.357 e. The first-order valence-corrected chi connectivity index (χ1v) is 6.99. The Bertz CT molecular complexity index is 633. The number of piperidine rings is 1. The minimum atomic E-state index is -0.392. The largest absolute Gasteiger partial charge is 0.357 e. The highest BCUT2D eigenvalue weighted by molar-refractivity contribution is 5.49. The van der Waals surface area contributed by atoms with Gasteiger partial charge in [0.05, 0.1) is 11.3 Å². The summed E-state index contributed by atoms with van der Waals surface area (Å²) in [5.41, 5.74) is 1.91. The molecule has 0 bridgehead atoms. The third-order valence-corrected chi connectivity index (χ3v) is 4.04. The number of imidazole rings is 1. The summed E-state index contributed by atoms with van der Waals surface area (Å²) in [7, 11) is 0. The lowest BCUT2D eigenvalue weighted by Crippen LogP contribution is -2.33. The molecule has 0 amide bonds. The molecule has 2 aromatic heterocycles. The third-order valence-electron chi connectivity index (χ3n) is 4.04. The van der Waals surface area contributed by atoms with Gasteiger partial charge >= 0.3 is 0 Å². The Morgan fingerprint density at radius 3 is 2.71 bits per heavy atom. The highest BCUT2D eigenvalue weighted by atomic mass is 16.6. The number of H-pyrrole nitrogens is 1. The summed E-state index contributed by atoms with van der Waals surface area (Å²) in [6.07, 6.45) is 7.00. The molecule has 7 heteroatoms. The van der Waals surface area contributed by atoms with Crippen LogP contribution in [0.4, 0.5) is 11.5 Å². The number of nitrogens with one attached hydrogen (secondary N) is 1. The van der Waals surface area contributed by atoms with Crippen LogP contribution in [-0.2, 0) is 0 Å². The SMILES string of the molecule is Cc1cc(N2CCC(c3cnc[nH]3)CC2)ncc1[N+](=O)[O-]. The van der Waals surface area contributed by atoms with Gasteiger partial charge in [-0.15, -0.1) is 0 Å². The Morgan fingerprint density at radius 1 is 1.38 bits per heavy atom. The highest BCUT2D eigenvalue weighted by Crippen LogP contribution is 2.29. The summed E-state index contributed by atoms with van der Waals surface area (Å²) in [5, 5.41) is 10.8. The van der Waals surface area contributed by atoms with Crippen molar-refractivity contribution in [3.8, 4) is 0 Å². The number of hydrogen-bond donors (Lipinski definition) is 1. The Morgan fingerprint density at radius 2 is 2.14 bits per heavy atom. The predicted molar refractivity (Wildman–Crippen MR) is 78.4 cm³/mol. The van der Waals surface area contributed by atoms with Gasteiger partial charge < -0.3 is 9.88 Å². The maximum atomic E-state index is 10.8. The Labute approximate surface area is 122 Å². The summed E-state index contributed by atoms with van der Waals surface area (Å²) >= 11 is 0. The van der Waals surface area contributed by atoms with E-state index in [1.165, 1.54) is 11.9 Å². The summed E-state index contributed by atoms with van der Waals surface area (Å²) in [5.74, 6) is 1.32. The van der Waals surface area contributed by atoms with Crippen LogP contribution in [0.3, 0.4) is 0 Å². The summed E-state index contributed by atoms with van der Waals surface area (Å²) in [4.78, 5) is 24.1. The van der Waals surface area contributed by atoms with Gasteiger partial charge in [-0.2, -0.15) is 0 Å². The quantitative estimate of drug-likeness (QED) is 0.691. The maximum Gasteiger partial charge on any atom is 0.290 e. The van der Waals surface area contributed by atoms with Crippen molar-refractivity contribution in [3.63, 3.8) is 0 Å². The second-order valence-corrected chi connectivity index (χ2v) is 5.35. The fraction of sp³-hybridized carbons (Fsp3) is 0.429. The van der Waals surface area contributed by atoms with Crippen LogP contribution in [0, 0.1) is 17.0 Å². The molecular formula is C14H17N5O2. The van der Waals surface area contributed by atoms with Crippen LogP contribution in [0.25, 0.3) is 0 Å². The lowest BCUT2D eigenvalue weighted by atomic mass is 9.94. The number of aromatic amines is 1. The van der Waals surface area contributed by atoms with Crippen LogP contribution in [0.5, 0.6) is 0 Å². The average molecular weight is 287 g/mol. The van der Waals surface area contributed by atoms with Crippen LogP contribution in [0.15, 0.2) is 24.8 Å². The van der Waals surface area contributed by atoms with E-state index in [0.29, 0.717) is 11.5 Å². The van der Waals surface area contributed by atoms with Crippen molar-refractivity contribution in [3.05, 3.63) is 46.2 Å². The van der Waals surface area contributed by atoms with Gasteiger partial charge in [0.25, 0.3) is 5.69 Å². The van der Waals surface area contributed by atoms with Gasteiger partial charge in [-0.05, 0) is 25.8 Å². The first-order chi connectivity index (χ1) is 10.1. The standard InChI is InChI=1S/C14H17N5O2/c1-10-6-14(16-8-13(10)19(20)21)18-4-2-11(3-5-18)12-7-15-9-17-12/h6-9,11H,2-5H2,1H3,(H,15,17). The molecule has 0 saturated carbocycles. The molecule has 1 N–H and O–H groups in total. The molecule has 1 aliphatic heterocycles. The van der Waals surface area contributed by atoms with Crippen molar-refractivity contribution in [1.82, 2.24) is 15.0 Å². The number of anilines is 1. The van der Waals surface area contributed by atoms with Gasteiger partial charge in [-0.3, -0.25) is 10.1 Å². The third kappa shape index (κ3) is 2.72. The van der Waals surface area contributed by atoms with Gasteiger partial charge in [-0.25, -0.2) is 9.97 Å². The molecule has 0 aliphatic carbocycles. The number of nitrogens with zero attached hydrogens (tertiary/aromatic N) is 4. The second kappa shape index (κ2) is 5.51. The zero-order valence-corrected chi connectivity index (χ0v) is 11.8. The predicted octanol–water partition coefficient (Wildman–Crippen LogP) is 2.41. The summed E-state index contributed by atoms with van der Waals surface area (Å²) in [6.45, 7) is 3.54. The molecule has 0 spiro atoms. The summed E-state index contributed by atoms with van der Waals surface area (Å²) in [6, 6.07) is 1.80. The molecule has 0 radical (unpaired) electrons. The topological polar surface area (TPSA) is 88.0 Å². The molecule has 3 rings (SSSR count). The molecule has 3 heterocycles. The average Bonchev–Trinajstić information content (AvgIpc) is 3.01. The number of pyridine rings is 1. The van der Waals surface area contributed by atoms with Gasteiger partial charge in [0, 0.05) is 36.5 Å². The molecular weight excluding hydrogens is 270 g/mol.